The van der Waals surface area contributed by atoms with Gasteiger partial charge in [-0.1, -0.05) is 0 Å². The summed E-state index contributed by atoms with van der Waals surface area (Å²) in [7, 11) is 1.46. The van der Waals surface area contributed by atoms with Gasteiger partial charge in [0.2, 0.25) is 0 Å². The molecule has 150 valence electrons. The predicted octanol–water partition coefficient (Wildman–Crippen LogP) is 3.07. The zero-order valence-corrected chi connectivity index (χ0v) is 15.0. The number of piperidine rings is 1. The molecule has 1 unspecified atom stereocenters. The number of aromatic nitrogens is 2. The SMILES string of the molecule is COc1nccnc1OC1CCCN(C(=O)c2ccc(OC(F)(F)F)cc2)C1. The van der Waals surface area contributed by atoms with Crippen molar-refractivity contribution >= 4 is 5.91 Å². The number of likely N-dealkylation sites (tertiary alicyclic amines) is 1. The smallest absolute Gasteiger partial charge is 0.477 e. The maximum absolute atomic E-state index is 12.7. The Labute approximate surface area is 159 Å². The van der Waals surface area contributed by atoms with Crippen LogP contribution < -0.4 is 14.2 Å². The Morgan fingerprint density at radius 2 is 1.82 bits per heavy atom. The normalized spacial score (nSPS) is 17.1. The molecule has 2 aromatic rings. The highest BCUT2D eigenvalue weighted by Gasteiger charge is 2.31. The molecule has 0 radical (unpaired) electrons. The van der Waals surface area contributed by atoms with Gasteiger partial charge in [0, 0.05) is 24.5 Å². The van der Waals surface area contributed by atoms with Crippen LogP contribution in [0, 0.1) is 0 Å². The highest BCUT2D eigenvalue weighted by Crippen LogP contribution is 2.26. The van der Waals surface area contributed by atoms with E-state index in [1.165, 1.54) is 31.6 Å². The van der Waals surface area contributed by atoms with E-state index in [1.807, 2.05) is 0 Å². The average Bonchev–Trinajstić information content (AvgIpc) is 2.67. The minimum atomic E-state index is -4.77. The lowest BCUT2D eigenvalue weighted by Gasteiger charge is -2.32. The molecule has 1 aromatic heterocycles. The van der Waals surface area contributed by atoms with Gasteiger partial charge in [0.25, 0.3) is 17.7 Å². The van der Waals surface area contributed by atoms with Crippen molar-refractivity contribution in [3.05, 3.63) is 42.2 Å². The molecule has 1 aromatic carbocycles. The quantitative estimate of drug-likeness (QED) is 0.772. The summed E-state index contributed by atoms with van der Waals surface area (Å²) in [6.07, 6.45) is -0.667. The minimum absolute atomic E-state index is 0.248. The second-order valence-corrected chi connectivity index (χ2v) is 6.08. The molecule has 28 heavy (non-hydrogen) atoms. The summed E-state index contributed by atoms with van der Waals surface area (Å²) in [4.78, 5) is 22.4. The monoisotopic (exact) mass is 397 g/mol. The molecule has 2 heterocycles. The maximum Gasteiger partial charge on any atom is 0.573 e. The lowest BCUT2D eigenvalue weighted by molar-refractivity contribution is -0.274. The molecule has 10 heteroatoms. The zero-order chi connectivity index (χ0) is 20.1. The zero-order valence-electron chi connectivity index (χ0n) is 15.0. The number of nitrogens with zero attached hydrogens (tertiary/aromatic N) is 3. The first-order valence-corrected chi connectivity index (χ1v) is 8.52. The molecule has 0 aliphatic carbocycles. The van der Waals surface area contributed by atoms with Gasteiger partial charge in [0.15, 0.2) is 0 Å². The van der Waals surface area contributed by atoms with Crippen LogP contribution >= 0.6 is 0 Å². The van der Waals surface area contributed by atoms with E-state index in [4.69, 9.17) is 9.47 Å². The number of halogens is 3. The Morgan fingerprint density at radius 1 is 1.14 bits per heavy atom. The molecule has 1 saturated heterocycles. The van der Waals surface area contributed by atoms with E-state index in [2.05, 4.69) is 14.7 Å². The fourth-order valence-corrected chi connectivity index (χ4v) is 2.89. The molecular weight excluding hydrogens is 379 g/mol. The van der Waals surface area contributed by atoms with E-state index in [-0.39, 0.29) is 35.1 Å². The van der Waals surface area contributed by atoms with Crippen molar-refractivity contribution in [3.8, 4) is 17.5 Å². The van der Waals surface area contributed by atoms with E-state index < -0.39 is 6.36 Å². The van der Waals surface area contributed by atoms with Crippen LogP contribution in [-0.2, 0) is 0 Å². The second kappa shape index (κ2) is 8.32. The second-order valence-electron chi connectivity index (χ2n) is 6.08. The fourth-order valence-electron chi connectivity index (χ4n) is 2.89. The lowest BCUT2D eigenvalue weighted by atomic mass is 10.1. The standard InChI is InChI=1S/C18H18F3N3O4/c1-26-15-16(23-9-8-22-15)27-14-3-2-10-24(11-14)17(25)12-4-6-13(7-5-12)28-18(19,20)21/h4-9,14H,2-3,10-11H2,1H3. The summed E-state index contributed by atoms with van der Waals surface area (Å²) in [5.41, 5.74) is 0.271. The number of carbonyl (C=O) groups excluding carboxylic acids is 1. The Hall–Kier alpha value is -3.04. The van der Waals surface area contributed by atoms with Crippen LogP contribution in [0.25, 0.3) is 0 Å². The third-order valence-electron chi connectivity index (χ3n) is 4.11. The van der Waals surface area contributed by atoms with Gasteiger partial charge >= 0.3 is 6.36 Å². The third-order valence-corrected chi connectivity index (χ3v) is 4.11. The van der Waals surface area contributed by atoms with Crippen molar-refractivity contribution in [3.63, 3.8) is 0 Å². The highest BCUT2D eigenvalue weighted by molar-refractivity contribution is 5.94. The topological polar surface area (TPSA) is 73.8 Å². The summed E-state index contributed by atoms with van der Waals surface area (Å²) >= 11 is 0. The van der Waals surface area contributed by atoms with Crippen molar-refractivity contribution in [2.45, 2.75) is 25.3 Å². The molecule has 1 aliphatic heterocycles. The van der Waals surface area contributed by atoms with Gasteiger partial charge in [0.1, 0.15) is 11.9 Å². The van der Waals surface area contributed by atoms with Gasteiger partial charge < -0.3 is 19.1 Å². The number of hydrogen-bond acceptors (Lipinski definition) is 6. The van der Waals surface area contributed by atoms with Gasteiger partial charge in [-0.05, 0) is 37.1 Å². The van der Waals surface area contributed by atoms with Crippen LogP contribution in [0.5, 0.6) is 17.5 Å². The molecule has 0 saturated carbocycles. The summed E-state index contributed by atoms with van der Waals surface area (Å²) in [6, 6.07) is 4.84. The maximum atomic E-state index is 12.7. The molecule has 0 spiro atoms. The first kappa shape index (κ1) is 19.7. The van der Waals surface area contributed by atoms with Crippen LogP contribution in [0.3, 0.4) is 0 Å². The number of carbonyl (C=O) groups is 1. The van der Waals surface area contributed by atoms with Gasteiger partial charge in [0.05, 0.1) is 13.7 Å². The molecule has 1 fully saturated rings. The van der Waals surface area contributed by atoms with E-state index in [0.717, 1.165) is 18.6 Å². The minimum Gasteiger partial charge on any atom is -0.477 e. The van der Waals surface area contributed by atoms with Crippen molar-refractivity contribution in [1.29, 1.82) is 0 Å². The first-order chi connectivity index (χ1) is 13.4. The number of alkyl halides is 3. The van der Waals surface area contributed by atoms with Crippen molar-refractivity contribution in [1.82, 2.24) is 14.9 Å². The number of ether oxygens (including phenoxy) is 3. The molecule has 7 nitrogen and oxygen atoms in total. The van der Waals surface area contributed by atoms with Gasteiger partial charge in [-0.15, -0.1) is 13.2 Å². The number of benzene rings is 1. The van der Waals surface area contributed by atoms with Crippen LogP contribution in [-0.4, -0.2) is 53.4 Å². The largest absolute Gasteiger partial charge is 0.573 e. The van der Waals surface area contributed by atoms with E-state index in [9.17, 15) is 18.0 Å². The average molecular weight is 397 g/mol. The molecular formula is C18H18F3N3O4. The molecule has 0 bridgehead atoms. The first-order valence-electron chi connectivity index (χ1n) is 8.52. The van der Waals surface area contributed by atoms with Crippen LogP contribution in [0.2, 0.25) is 0 Å². The van der Waals surface area contributed by atoms with Crippen molar-refractivity contribution < 1.29 is 32.2 Å². The van der Waals surface area contributed by atoms with Gasteiger partial charge in [-0.3, -0.25) is 4.79 Å². The summed E-state index contributed by atoms with van der Waals surface area (Å²) in [5, 5.41) is 0. The highest BCUT2D eigenvalue weighted by atomic mass is 19.4. The fraction of sp³-hybridized carbons (Fsp3) is 0.389. The molecule has 1 amide bonds. The molecule has 1 atom stereocenters. The number of methoxy groups -OCH3 is 1. The predicted molar refractivity (Wildman–Crippen MR) is 91.3 cm³/mol. The van der Waals surface area contributed by atoms with Crippen LogP contribution in [0.1, 0.15) is 23.2 Å². The lowest BCUT2D eigenvalue weighted by Crippen LogP contribution is -2.44. The van der Waals surface area contributed by atoms with E-state index >= 15 is 0 Å². The van der Waals surface area contributed by atoms with E-state index in [0.29, 0.717) is 19.5 Å². The number of amides is 1. The Morgan fingerprint density at radius 3 is 2.46 bits per heavy atom. The molecule has 1 aliphatic rings. The summed E-state index contributed by atoms with van der Waals surface area (Å²) in [5.74, 6) is -0.166. The Bertz CT molecular complexity index is 814. The summed E-state index contributed by atoms with van der Waals surface area (Å²) < 4.78 is 51.5. The van der Waals surface area contributed by atoms with Crippen molar-refractivity contribution in [2.75, 3.05) is 20.2 Å². The van der Waals surface area contributed by atoms with Gasteiger partial charge in [-0.25, -0.2) is 9.97 Å². The van der Waals surface area contributed by atoms with Crippen LogP contribution in [0.4, 0.5) is 13.2 Å². The Kier molecular flexibility index (Phi) is 5.86. The number of hydrogen-bond donors (Lipinski definition) is 0. The third kappa shape index (κ3) is 5.02. The van der Waals surface area contributed by atoms with E-state index in [1.54, 1.807) is 4.90 Å². The summed E-state index contributed by atoms with van der Waals surface area (Å²) in [6.45, 7) is 0.844. The van der Waals surface area contributed by atoms with Crippen molar-refractivity contribution in [2.24, 2.45) is 0 Å². The molecule has 3 rings (SSSR count). The number of rotatable bonds is 5. The molecule has 0 N–H and O–H groups in total. The Balaban J connectivity index is 1.64. The van der Waals surface area contributed by atoms with Gasteiger partial charge in [-0.2, -0.15) is 0 Å². The van der Waals surface area contributed by atoms with Crippen LogP contribution in [0.15, 0.2) is 36.7 Å².